The second-order valence-electron chi connectivity index (χ2n) is 4.29. The average Bonchev–Trinajstić information content (AvgIpc) is 1.81. The van der Waals surface area contributed by atoms with Crippen molar-refractivity contribution in [1.29, 1.82) is 0 Å². The number of nitrogens with one attached hydrogen (secondary N) is 1. The van der Waals surface area contributed by atoms with E-state index in [0.717, 1.165) is 0 Å². The largest absolute Gasteiger partial charge is 0.215 e. The summed E-state index contributed by atoms with van der Waals surface area (Å²) in [6.07, 6.45) is 2.36. The summed E-state index contributed by atoms with van der Waals surface area (Å²) in [6, 6.07) is 0. The summed E-state index contributed by atoms with van der Waals surface area (Å²) in [5.41, 5.74) is -0.194. The van der Waals surface area contributed by atoms with Gasteiger partial charge >= 0.3 is 0 Å². The molecule has 0 aromatic carbocycles. The summed E-state index contributed by atoms with van der Waals surface area (Å²) in [5.74, 6) is 0.164. The van der Waals surface area contributed by atoms with Gasteiger partial charge in [-0.3, -0.25) is 0 Å². The second kappa shape index (κ2) is 4.77. The van der Waals surface area contributed by atoms with Gasteiger partial charge in [0.25, 0.3) is 0 Å². The molecule has 0 aromatic rings. The van der Waals surface area contributed by atoms with E-state index in [1.54, 1.807) is 6.08 Å². The fourth-order valence-corrected chi connectivity index (χ4v) is 2.61. The van der Waals surface area contributed by atoms with Crippen LogP contribution in [-0.4, -0.2) is 20.7 Å². The molecule has 0 heterocycles. The van der Waals surface area contributed by atoms with Crippen LogP contribution in [0, 0.1) is 5.41 Å². The molecule has 0 bridgehead atoms. The van der Waals surface area contributed by atoms with E-state index in [9.17, 15) is 8.42 Å². The Balaban J connectivity index is 4.03. The molecule has 4 heteroatoms. The first-order valence-corrected chi connectivity index (χ1v) is 6.00. The molecule has 0 atom stereocenters. The average molecular weight is 205 g/mol. The summed E-state index contributed by atoms with van der Waals surface area (Å²) in [6.45, 7) is 9.67. The molecule has 0 unspecified atom stereocenters. The predicted octanol–water partition coefficient (Wildman–Crippen LogP) is 1.53. The Hall–Kier alpha value is -0.350. The van der Waals surface area contributed by atoms with Crippen molar-refractivity contribution in [3.8, 4) is 0 Å². The van der Waals surface area contributed by atoms with E-state index in [4.69, 9.17) is 0 Å². The number of sulfonamides is 1. The molecule has 78 valence electrons. The van der Waals surface area contributed by atoms with Crippen molar-refractivity contribution >= 4 is 10.0 Å². The Bertz CT molecular complexity index is 249. The zero-order chi connectivity index (χ0) is 10.5. The summed E-state index contributed by atoms with van der Waals surface area (Å²) in [7, 11) is -3.11. The first-order valence-electron chi connectivity index (χ1n) is 4.35. The van der Waals surface area contributed by atoms with Crippen molar-refractivity contribution in [3.05, 3.63) is 12.7 Å². The van der Waals surface area contributed by atoms with E-state index in [0.29, 0.717) is 13.0 Å². The molecule has 13 heavy (non-hydrogen) atoms. The van der Waals surface area contributed by atoms with Gasteiger partial charge in [0.2, 0.25) is 10.0 Å². The topological polar surface area (TPSA) is 46.2 Å². The Labute approximate surface area is 81.3 Å². The predicted molar refractivity (Wildman–Crippen MR) is 56.1 cm³/mol. The smallest absolute Gasteiger partial charge is 0.212 e. The Morgan fingerprint density at radius 3 is 2.31 bits per heavy atom. The normalized spacial score (nSPS) is 12.8. The van der Waals surface area contributed by atoms with Gasteiger partial charge in [0, 0.05) is 6.54 Å². The molecule has 0 aliphatic heterocycles. The van der Waals surface area contributed by atoms with Crippen LogP contribution in [-0.2, 0) is 10.0 Å². The molecule has 0 aliphatic carbocycles. The van der Waals surface area contributed by atoms with Gasteiger partial charge < -0.3 is 0 Å². The molecular formula is C9H19NO2S. The lowest BCUT2D eigenvalue weighted by molar-refractivity contribution is 0.458. The van der Waals surface area contributed by atoms with E-state index in [1.165, 1.54) is 0 Å². The third-order valence-electron chi connectivity index (χ3n) is 1.29. The maximum absolute atomic E-state index is 11.4. The van der Waals surface area contributed by atoms with E-state index < -0.39 is 10.0 Å². The zero-order valence-corrected chi connectivity index (χ0v) is 9.45. The molecule has 0 spiro atoms. The van der Waals surface area contributed by atoms with E-state index in [-0.39, 0.29) is 11.2 Å². The van der Waals surface area contributed by atoms with Crippen LogP contribution in [0.25, 0.3) is 0 Å². The molecule has 0 aromatic heterocycles. The number of hydrogen-bond donors (Lipinski definition) is 1. The molecule has 0 amide bonds. The monoisotopic (exact) mass is 205 g/mol. The fraction of sp³-hybridized carbons (Fsp3) is 0.778. The van der Waals surface area contributed by atoms with Gasteiger partial charge in [0.15, 0.2) is 0 Å². The van der Waals surface area contributed by atoms with Gasteiger partial charge in [-0.25, -0.2) is 13.1 Å². The van der Waals surface area contributed by atoms with Gasteiger partial charge in [0.05, 0.1) is 5.75 Å². The summed E-state index contributed by atoms with van der Waals surface area (Å²) in [5, 5.41) is 0. The van der Waals surface area contributed by atoms with Crippen LogP contribution in [0.1, 0.15) is 27.2 Å². The minimum atomic E-state index is -3.11. The third-order valence-corrected chi connectivity index (χ3v) is 3.18. The minimum Gasteiger partial charge on any atom is -0.215 e. The fourth-order valence-electron chi connectivity index (χ4n) is 0.938. The van der Waals surface area contributed by atoms with Crippen LogP contribution in [0.4, 0.5) is 0 Å². The van der Waals surface area contributed by atoms with Crippen molar-refractivity contribution in [2.45, 2.75) is 27.2 Å². The van der Waals surface area contributed by atoms with Gasteiger partial charge in [-0.1, -0.05) is 26.8 Å². The molecule has 0 rings (SSSR count). The van der Waals surface area contributed by atoms with Gasteiger partial charge in [-0.05, 0) is 11.8 Å². The Morgan fingerprint density at radius 1 is 1.38 bits per heavy atom. The first-order chi connectivity index (χ1) is 5.77. The van der Waals surface area contributed by atoms with Crippen molar-refractivity contribution in [2.24, 2.45) is 5.41 Å². The molecule has 3 nitrogen and oxygen atoms in total. The highest BCUT2D eigenvalue weighted by atomic mass is 32.2. The van der Waals surface area contributed by atoms with Crippen LogP contribution in [0.5, 0.6) is 0 Å². The molecule has 1 N–H and O–H groups in total. The SMILES string of the molecule is C=CCCNS(=O)(=O)CC(C)(C)C. The van der Waals surface area contributed by atoms with E-state index in [1.807, 2.05) is 20.8 Å². The number of hydrogen-bond acceptors (Lipinski definition) is 2. The lowest BCUT2D eigenvalue weighted by atomic mass is 10.0. The second-order valence-corrected chi connectivity index (χ2v) is 6.10. The molecule has 0 radical (unpaired) electrons. The maximum Gasteiger partial charge on any atom is 0.212 e. The molecule has 0 aliphatic rings. The van der Waals surface area contributed by atoms with Gasteiger partial charge in [-0.15, -0.1) is 6.58 Å². The molecule has 0 saturated heterocycles. The van der Waals surface area contributed by atoms with E-state index >= 15 is 0 Å². The quantitative estimate of drug-likeness (QED) is 0.546. The first kappa shape index (κ1) is 12.7. The van der Waals surface area contributed by atoms with Crippen LogP contribution < -0.4 is 4.72 Å². The summed E-state index contributed by atoms with van der Waals surface area (Å²) >= 11 is 0. The maximum atomic E-state index is 11.4. The highest BCUT2D eigenvalue weighted by molar-refractivity contribution is 7.89. The Morgan fingerprint density at radius 2 is 1.92 bits per heavy atom. The van der Waals surface area contributed by atoms with Crippen molar-refractivity contribution < 1.29 is 8.42 Å². The molecule has 0 saturated carbocycles. The van der Waals surface area contributed by atoms with Crippen molar-refractivity contribution in [2.75, 3.05) is 12.3 Å². The lowest BCUT2D eigenvalue weighted by Crippen LogP contribution is -2.32. The number of rotatable bonds is 5. The third kappa shape index (κ3) is 7.99. The summed E-state index contributed by atoms with van der Waals surface area (Å²) < 4.78 is 25.3. The molecular weight excluding hydrogens is 186 g/mol. The highest BCUT2D eigenvalue weighted by Gasteiger charge is 2.20. The van der Waals surface area contributed by atoms with Gasteiger partial charge in [0.1, 0.15) is 0 Å². The minimum absolute atomic E-state index is 0.164. The lowest BCUT2D eigenvalue weighted by Gasteiger charge is -2.17. The van der Waals surface area contributed by atoms with Crippen LogP contribution in [0.3, 0.4) is 0 Å². The highest BCUT2D eigenvalue weighted by Crippen LogP contribution is 2.14. The van der Waals surface area contributed by atoms with Crippen molar-refractivity contribution in [3.63, 3.8) is 0 Å². The van der Waals surface area contributed by atoms with Gasteiger partial charge in [-0.2, -0.15) is 0 Å². The van der Waals surface area contributed by atoms with E-state index in [2.05, 4.69) is 11.3 Å². The summed E-state index contributed by atoms with van der Waals surface area (Å²) in [4.78, 5) is 0. The van der Waals surface area contributed by atoms with Crippen LogP contribution in [0.2, 0.25) is 0 Å². The van der Waals surface area contributed by atoms with Crippen molar-refractivity contribution in [1.82, 2.24) is 4.72 Å². The van der Waals surface area contributed by atoms with Crippen LogP contribution in [0.15, 0.2) is 12.7 Å². The standard InChI is InChI=1S/C9H19NO2S/c1-5-6-7-10-13(11,12)8-9(2,3)4/h5,10H,1,6-8H2,2-4H3. The Kier molecular flexibility index (Phi) is 4.64. The van der Waals surface area contributed by atoms with Crippen LogP contribution >= 0.6 is 0 Å². The zero-order valence-electron chi connectivity index (χ0n) is 8.63. The molecule has 0 fully saturated rings.